The highest BCUT2D eigenvalue weighted by atomic mass is 35.5. The molecule has 1 N–H and O–H groups in total. The Morgan fingerprint density at radius 3 is 2.35 bits per heavy atom. The maximum Gasteiger partial charge on any atom is 0.411 e. The Morgan fingerprint density at radius 2 is 1.82 bits per heavy atom. The number of rotatable bonds is 4. The molecule has 17 heavy (non-hydrogen) atoms. The summed E-state index contributed by atoms with van der Waals surface area (Å²) < 4.78 is 5.83. The quantitative estimate of drug-likeness (QED) is 0.700. The van der Waals surface area contributed by atoms with Gasteiger partial charge in [0.2, 0.25) is 0 Å². The van der Waals surface area contributed by atoms with Crippen molar-refractivity contribution in [3.8, 4) is 0 Å². The smallest absolute Gasteiger partial charge is 0.411 e. The third kappa shape index (κ3) is 7.60. The SMILES string of the molecule is C[N+](C)(C)CCOC(=O)Nc1ccccc1.[Cl-]. The van der Waals surface area contributed by atoms with Crippen LogP contribution in [-0.4, -0.2) is 44.9 Å². The number of anilines is 1. The van der Waals surface area contributed by atoms with Crippen molar-refractivity contribution in [1.82, 2.24) is 0 Å². The number of likely N-dealkylation sites (N-methyl/N-ethyl adjacent to an activating group) is 1. The van der Waals surface area contributed by atoms with Crippen LogP contribution in [0.5, 0.6) is 0 Å². The first-order valence-corrected chi connectivity index (χ1v) is 5.27. The monoisotopic (exact) mass is 258 g/mol. The van der Waals surface area contributed by atoms with E-state index in [2.05, 4.69) is 26.5 Å². The van der Waals surface area contributed by atoms with Gasteiger partial charge in [0.1, 0.15) is 13.2 Å². The number of nitrogens with zero attached hydrogens (tertiary/aromatic N) is 1. The van der Waals surface area contributed by atoms with Gasteiger partial charge in [-0.25, -0.2) is 4.79 Å². The molecule has 1 rings (SSSR count). The number of benzene rings is 1. The summed E-state index contributed by atoms with van der Waals surface area (Å²) in [7, 11) is 6.16. The first-order chi connectivity index (χ1) is 7.47. The number of hydrogen-bond donors (Lipinski definition) is 1. The fourth-order valence-corrected chi connectivity index (χ4v) is 1.09. The van der Waals surface area contributed by atoms with Crippen LogP contribution in [0.4, 0.5) is 10.5 Å². The van der Waals surface area contributed by atoms with Gasteiger partial charge in [-0.3, -0.25) is 5.32 Å². The topological polar surface area (TPSA) is 38.3 Å². The van der Waals surface area contributed by atoms with Crippen molar-refractivity contribution in [2.24, 2.45) is 0 Å². The predicted molar refractivity (Wildman–Crippen MR) is 64.3 cm³/mol. The average Bonchev–Trinajstić information content (AvgIpc) is 2.17. The second-order valence-corrected chi connectivity index (χ2v) is 4.64. The molecule has 1 aromatic rings. The molecule has 0 aliphatic carbocycles. The van der Waals surface area contributed by atoms with Gasteiger partial charge >= 0.3 is 6.09 Å². The van der Waals surface area contributed by atoms with Gasteiger partial charge in [0.25, 0.3) is 0 Å². The summed E-state index contributed by atoms with van der Waals surface area (Å²) in [5, 5.41) is 2.66. The molecule has 96 valence electrons. The molecule has 0 unspecified atom stereocenters. The molecule has 0 aromatic heterocycles. The van der Waals surface area contributed by atoms with Crippen LogP contribution in [0, 0.1) is 0 Å². The maximum atomic E-state index is 11.4. The number of carbonyl (C=O) groups excluding carboxylic acids is 1. The van der Waals surface area contributed by atoms with E-state index in [0.29, 0.717) is 6.61 Å². The number of quaternary nitrogens is 1. The number of nitrogens with one attached hydrogen (secondary N) is 1. The van der Waals surface area contributed by atoms with Gasteiger partial charge in [0.05, 0.1) is 21.1 Å². The van der Waals surface area contributed by atoms with Crippen molar-refractivity contribution < 1.29 is 26.4 Å². The maximum absolute atomic E-state index is 11.4. The zero-order valence-corrected chi connectivity index (χ0v) is 11.2. The predicted octanol–water partition coefficient (Wildman–Crippen LogP) is -1.05. The lowest BCUT2D eigenvalue weighted by Gasteiger charge is -2.23. The Morgan fingerprint density at radius 1 is 1.24 bits per heavy atom. The highest BCUT2D eigenvalue weighted by molar-refractivity contribution is 5.84. The number of halogens is 1. The van der Waals surface area contributed by atoms with Gasteiger partial charge in [0, 0.05) is 5.69 Å². The molecule has 4 nitrogen and oxygen atoms in total. The molecule has 0 saturated heterocycles. The van der Waals surface area contributed by atoms with E-state index in [0.717, 1.165) is 16.7 Å². The molecular weight excluding hydrogens is 240 g/mol. The standard InChI is InChI=1S/C12H18N2O2.ClH/c1-14(2,3)9-10-16-12(15)13-11-7-5-4-6-8-11;/h4-8H,9-10H2,1-3H3;1H. The molecule has 0 atom stereocenters. The van der Waals surface area contributed by atoms with E-state index in [1.54, 1.807) is 0 Å². The molecule has 0 spiro atoms. The van der Waals surface area contributed by atoms with Gasteiger partial charge in [-0.05, 0) is 12.1 Å². The fourth-order valence-electron chi connectivity index (χ4n) is 1.09. The summed E-state index contributed by atoms with van der Waals surface area (Å²) in [6.07, 6.45) is -0.403. The van der Waals surface area contributed by atoms with Crippen molar-refractivity contribution in [1.29, 1.82) is 0 Å². The van der Waals surface area contributed by atoms with Crippen LogP contribution < -0.4 is 17.7 Å². The van der Waals surface area contributed by atoms with Crippen molar-refractivity contribution in [3.63, 3.8) is 0 Å². The molecule has 0 aliphatic rings. The third-order valence-electron chi connectivity index (χ3n) is 2.02. The minimum atomic E-state index is -0.403. The second-order valence-electron chi connectivity index (χ2n) is 4.64. The van der Waals surface area contributed by atoms with Crippen LogP contribution in [0.25, 0.3) is 0 Å². The Balaban J connectivity index is 0.00000256. The molecule has 0 saturated carbocycles. The zero-order valence-electron chi connectivity index (χ0n) is 10.4. The summed E-state index contributed by atoms with van der Waals surface area (Å²) in [4.78, 5) is 11.4. The molecule has 1 aromatic carbocycles. The lowest BCUT2D eigenvalue weighted by molar-refractivity contribution is -0.870. The van der Waals surface area contributed by atoms with Gasteiger partial charge in [-0.1, -0.05) is 18.2 Å². The van der Waals surface area contributed by atoms with E-state index >= 15 is 0 Å². The van der Waals surface area contributed by atoms with Crippen LogP contribution in [0.15, 0.2) is 30.3 Å². The second kappa shape index (κ2) is 7.14. The molecule has 0 fully saturated rings. The molecule has 5 heteroatoms. The summed E-state index contributed by atoms with van der Waals surface area (Å²) in [5.41, 5.74) is 0.748. The van der Waals surface area contributed by atoms with E-state index in [1.807, 2.05) is 30.3 Å². The van der Waals surface area contributed by atoms with Crippen LogP contribution in [0.3, 0.4) is 0 Å². The van der Waals surface area contributed by atoms with E-state index in [1.165, 1.54) is 0 Å². The highest BCUT2D eigenvalue weighted by Crippen LogP contribution is 2.05. The van der Waals surface area contributed by atoms with Crippen molar-refractivity contribution in [2.75, 3.05) is 39.6 Å². The van der Waals surface area contributed by atoms with E-state index in [9.17, 15) is 4.79 Å². The molecule has 0 radical (unpaired) electrons. The van der Waals surface area contributed by atoms with Crippen LogP contribution in [0.1, 0.15) is 0 Å². The molecule has 0 aliphatic heterocycles. The Bertz CT molecular complexity index is 336. The number of amides is 1. The van der Waals surface area contributed by atoms with Crippen LogP contribution >= 0.6 is 0 Å². The van der Waals surface area contributed by atoms with Gasteiger partial charge in [-0.2, -0.15) is 0 Å². The summed E-state index contributed by atoms with van der Waals surface area (Å²) in [6.45, 7) is 1.21. The fraction of sp³-hybridized carbons (Fsp3) is 0.417. The normalized spacial score (nSPS) is 10.3. The Labute approximate surface area is 109 Å². The van der Waals surface area contributed by atoms with Gasteiger partial charge < -0.3 is 21.6 Å². The van der Waals surface area contributed by atoms with E-state index < -0.39 is 6.09 Å². The summed E-state index contributed by atoms with van der Waals surface area (Å²) >= 11 is 0. The van der Waals surface area contributed by atoms with Gasteiger partial charge in [-0.15, -0.1) is 0 Å². The lowest BCUT2D eigenvalue weighted by Crippen LogP contribution is -3.00. The lowest BCUT2D eigenvalue weighted by atomic mass is 10.3. The molecule has 0 heterocycles. The number of para-hydroxylation sites is 1. The van der Waals surface area contributed by atoms with Gasteiger partial charge in [0.15, 0.2) is 0 Å². The Hall–Kier alpha value is -1.26. The third-order valence-corrected chi connectivity index (χ3v) is 2.02. The van der Waals surface area contributed by atoms with Crippen molar-refractivity contribution in [3.05, 3.63) is 30.3 Å². The van der Waals surface area contributed by atoms with E-state index in [-0.39, 0.29) is 12.4 Å². The first-order valence-electron chi connectivity index (χ1n) is 5.27. The summed E-state index contributed by atoms with van der Waals surface area (Å²) in [6, 6.07) is 9.26. The molecule has 1 amide bonds. The molecule has 0 bridgehead atoms. The number of hydrogen-bond acceptors (Lipinski definition) is 2. The first kappa shape index (κ1) is 15.7. The number of ether oxygens (including phenoxy) is 1. The Kier molecular flexibility index (Phi) is 6.61. The van der Waals surface area contributed by atoms with Crippen molar-refractivity contribution >= 4 is 11.8 Å². The summed E-state index contributed by atoms with van der Waals surface area (Å²) in [5.74, 6) is 0. The highest BCUT2D eigenvalue weighted by Gasteiger charge is 2.09. The number of carbonyl (C=O) groups is 1. The minimum absolute atomic E-state index is 0. The zero-order chi connectivity index (χ0) is 12.0. The van der Waals surface area contributed by atoms with Crippen LogP contribution in [0.2, 0.25) is 0 Å². The van der Waals surface area contributed by atoms with Crippen LogP contribution in [-0.2, 0) is 4.74 Å². The molecular formula is C12H19ClN2O2. The van der Waals surface area contributed by atoms with Crippen molar-refractivity contribution in [2.45, 2.75) is 0 Å². The average molecular weight is 259 g/mol. The largest absolute Gasteiger partial charge is 1.00 e. The van der Waals surface area contributed by atoms with E-state index in [4.69, 9.17) is 4.74 Å². The minimum Gasteiger partial charge on any atom is -1.00 e.